The number of likely N-dealkylation sites (N-methyl/N-ethyl adjacent to an activating group) is 1. The molecular weight excluding hydrogens is 244 g/mol. The fraction of sp³-hybridized carbons (Fsp3) is 0.571. The number of pyridine rings is 1. The Morgan fingerprint density at radius 2 is 2.21 bits per heavy atom. The molecule has 0 aromatic carbocycles. The highest BCUT2D eigenvalue weighted by molar-refractivity contribution is 5.95. The van der Waals surface area contributed by atoms with Crippen molar-refractivity contribution < 1.29 is 14.6 Å². The van der Waals surface area contributed by atoms with Crippen LogP contribution in [-0.4, -0.2) is 53.3 Å². The van der Waals surface area contributed by atoms with Gasteiger partial charge in [-0.2, -0.15) is 0 Å². The SMILES string of the molecule is Cc1ncccc1C(=O)N(C)CC1(O)CCOCC1. The Hall–Kier alpha value is -1.46. The number of rotatable bonds is 3. The normalized spacial score (nSPS) is 18.1. The number of aromatic nitrogens is 1. The molecule has 1 aliphatic rings. The van der Waals surface area contributed by atoms with Crippen LogP contribution in [0.4, 0.5) is 0 Å². The van der Waals surface area contributed by atoms with Gasteiger partial charge in [-0.3, -0.25) is 9.78 Å². The minimum absolute atomic E-state index is 0.106. The summed E-state index contributed by atoms with van der Waals surface area (Å²) in [7, 11) is 1.71. The quantitative estimate of drug-likeness (QED) is 0.885. The Balaban J connectivity index is 2.05. The van der Waals surface area contributed by atoms with Gasteiger partial charge < -0.3 is 14.7 Å². The van der Waals surface area contributed by atoms with Crippen molar-refractivity contribution in [3.8, 4) is 0 Å². The molecule has 0 spiro atoms. The largest absolute Gasteiger partial charge is 0.388 e. The molecule has 0 bridgehead atoms. The van der Waals surface area contributed by atoms with Crippen LogP contribution in [0.1, 0.15) is 28.9 Å². The second-order valence-electron chi connectivity index (χ2n) is 5.13. The Morgan fingerprint density at radius 1 is 1.53 bits per heavy atom. The zero-order valence-corrected chi connectivity index (χ0v) is 11.4. The van der Waals surface area contributed by atoms with Gasteiger partial charge in [0.15, 0.2) is 0 Å². The predicted molar refractivity (Wildman–Crippen MR) is 70.9 cm³/mol. The number of aliphatic hydroxyl groups is 1. The molecule has 5 heteroatoms. The first-order chi connectivity index (χ1) is 9.02. The molecule has 19 heavy (non-hydrogen) atoms. The van der Waals surface area contributed by atoms with Crippen LogP contribution in [0.5, 0.6) is 0 Å². The van der Waals surface area contributed by atoms with E-state index in [2.05, 4.69) is 4.98 Å². The number of aryl methyl sites for hydroxylation is 1. The molecule has 2 heterocycles. The molecule has 0 radical (unpaired) electrons. The minimum Gasteiger partial charge on any atom is -0.388 e. The van der Waals surface area contributed by atoms with Crippen molar-refractivity contribution >= 4 is 5.91 Å². The summed E-state index contributed by atoms with van der Waals surface area (Å²) in [5.74, 6) is -0.106. The second kappa shape index (κ2) is 5.67. The van der Waals surface area contributed by atoms with E-state index in [1.807, 2.05) is 6.92 Å². The van der Waals surface area contributed by atoms with Gasteiger partial charge in [-0.1, -0.05) is 0 Å². The maximum Gasteiger partial charge on any atom is 0.255 e. The lowest BCUT2D eigenvalue weighted by atomic mass is 9.93. The highest BCUT2D eigenvalue weighted by Gasteiger charge is 2.32. The molecule has 5 nitrogen and oxygen atoms in total. The zero-order valence-electron chi connectivity index (χ0n) is 11.4. The van der Waals surface area contributed by atoms with Gasteiger partial charge in [-0.05, 0) is 19.1 Å². The van der Waals surface area contributed by atoms with E-state index in [1.54, 1.807) is 30.3 Å². The summed E-state index contributed by atoms with van der Waals surface area (Å²) < 4.78 is 5.24. The predicted octanol–water partition coefficient (Wildman–Crippen LogP) is 1.00. The molecular formula is C14H20N2O3. The molecule has 104 valence electrons. The highest BCUT2D eigenvalue weighted by atomic mass is 16.5. The summed E-state index contributed by atoms with van der Waals surface area (Å²) in [4.78, 5) is 18.0. The van der Waals surface area contributed by atoms with Gasteiger partial charge in [0.2, 0.25) is 0 Å². The molecule has 1 amide bonds. The number of nitrogens with zero attached hydrogens (tertiary/aromatic N) is 2. The van der Waals surface area contributed by atoms with E-state index in [9.17, 15) is 9.90 Å². The number of amides is 1. The Bertz CT molecular complexity index is 456. The van der Waals surface area contributed by atoms with Crippen LogP contribution in [0.3, 0.4) is 0 Å². The summed E-state index contributed by atoms with van der Waals surface area (Å²) in [5.41, 5.74) is 0.456. The first-order valence-corrected chi connectivity index (χ1v) is 6.49. The van der Waals surface area contributed by atoms with Crippen molar-refractivity contribution in [2.75, 3.05) is 26.8 Å². The molecule has 1 aromatic heterocycles. The Labute approximate surface area is 113 Å². The van der Waals surface area contributed by atoms with E-state index in [1.165, 1.54) is 0 Å². The van der Waals surface area contributed by atoms with Crippen molar-refractivity contribution in [1.29, 1.82) is 0 Å². The van der Waals surface area contributed by atoms with Gasteiger partial charge in [0.05, 0.1) is 11.2 Å². The van der Waals surface area contributed by atoms with Gasteiger partial charge in [-0.25, -0.2) is 0 Å². The molecule has 1 fully saturated rings. The summed E-state index contributed by atoms with van der Waals surface area (Å²) in [6, 6.07) is 3.51. The van der Waals surface area contributed by atoms with Gasteiger partial charge >= 0.3 is 0 Å². The standard InChI is InChI=1S/C14H20N2O3/c1-11-12(4-3-7-15-11)13(17)16(2)10-14(18)5-8-19-9-6-14/h3-4,7,18H,5-6,8-10H2,1-2H3. The molecule has 2 rings (SSSR count). The number of carbonyl (C=O) groups excluding carboxylic acids is 1. The third-order valence-electron chi connectivity index (χ3n) is 3.54. The van der Waals surface area contributed by atoms with Crippen molar-refractivity contribution in [2.45, 2.75) is 25.4 Å². The second-order valence-corrected chi connectivity index (χ2v) is 5.13. The molecule has 0 unspecified atom stereocenters. The van der Waals surface area contributed by atoms with Gasteiger partial charge in [0.25, 0.3) is 5.91 Å². The summed E-state index contributed by atoms with van der Waals surface area (Å²) in [6.07, 6.45) is 2.80. The highest BCUT2D eigenvalue weighted by Crippen LogP contribution is 2.22. The van der Waals surface area contributed by atoms with E-state index in [0.29, 0.717) is 43.9 Å². The maximum atomic E-state index is 12.3. The number of hydrogen-bond acceptors (Lipinski definition) is 4. The lowest BCUT2D eigenvalue weighted by Gasteiger charge is -2.35. The lowest BCUT2D eigenvalue weighted by Crippen LogP contribution is -2.47. The summed E-state index contributed by atoms with van der Waals surface area (Å²) >= 11 is 0. The van der Waals surface area contributed by atoms with Crippen LogP contribution < -0.4 is 0 Å². The van der Waals surface area contributed by atoms with Gasteiger partial charge in [0.1, 0.15) is 0 Å². The van der Waals surface area contributed by atoms with Crippen LogP contribution >= 0.6 is 0 Å². The first-order valence-electron chi connectivity index (χ1n) is 6.49. The molecule has 0 saturated carbocycles. The van der Waals surface area contributed by atoms with Crippen LogP contribution in [0.15, 0.2) is 18.3 Å². The fourth-order valence-electron chi connectivity index (χ4n) is 2.34. The molecule has 1 aliphatic heterocycles. The van der Waals surface area contributed by atoms with Crippen LogP contribution in [0, 0.1) is 6.92 Å². The number of carbonyl (C=O) groups is 1. The minimum atomic E-state index is -0.835. The van der Waals surface area contributed by atoms with E-state index < -0.39 is 5.60 Å². The molecule has 0 atom stereocenters. The molecule has 1 N–H and O–H groups in total. The zero-order chi connectivity index (χ0) is 13.9. The molecule has 0 aliphatic carbocycles. The smallest absolute Gasteiger partial charge is 0.255 e. The lowest BCUT2D eigenvalue weighted by molar-refractivity contribution is -0.0734. The van der Waals surface area contributed by atoms with Crippen LogP contribution in [0.25, 0.3) is 0 Å². The van der Waals surface area contributed by atoms with E-state index in [0.717, 1.165) is 0 Å². The van der Waals surface area contributed by atoms with Gasteiger partial charge in [0, 0.05) is 51.5 Å². The van der Waals surface area contributed by atoms with Crippen molar-refractivity contribution in [3.05, 3.63) is 29.6 Å². The average Bonchev–Trinajstić information content (AvgIpc) is 2.39. The van der Waals surface area contributed by atoms with Gasteiger partial charge in [-0.15, -0.1) is 0 Å². The Morgan fingerprint density at radius 3 is 2.84 bits per heavy atom. The summed E-state index contributed by atoms with van der Waals surface area (Å²) in [5, 5.41) is 10.4. The monoisotopic (exact) mass is 264 g/mol. The maximum absolute atomic E-state index is 12.3. The third kappa shape index (κ3) is 3.30. The van der Waals surface area contributed by atoms with Crippen LogP contribution in [0.2, 0.25) is 0 Å². The molecule has 1 saturated heterocycles. The van der Waals surface area contributed by atoms with E-state index in [-0.39, 0.29) is 5.91 Å². The fourth-order valence-corrected chi connectivity index (χ4v) is 2.34. The van der Waals surface area contributed by atoms with Crippen LogP contribution in [-0.2, 0) is 4.74 Å². The average molecular weight is 264 g/mol. The van der Waals surface area contributed by atoms with Crippen molar-refractivity contribution in [2.24, 2.45) is 0 Å². The first kappa shape index (κ1) is 14.0. The molecule has 1 aromatic rings. The summed E-state index contributed by atoms with van der Waals surface area (Å²) in [6.45, 7) is 3.22. The number of hydrogen-bond donors (Lipinski definition) is 1. The van der Waals surface area contributed by atoms with Crippen molar-refractivity contribution in [3.63, 3.8) is 0 Å². The van der Waals surface area contributed by atoms with E-state index in [4.69, 9.17) is 4.74 Å². The van der Waals surface area contributed by atoms with E-state index >= 15 is 0 Å². The topological polar surface area (TPSA) is 62.7 Å². The third-order valence-corrected chi connectivity index (χ3v) is 3.54. The number of ether oxygens (including phenoxy) is 1. The Kier molecular flexibility index (Phi) is 4.17. The van der Waals surface area contributed by atoms with Crippen molar-refractivity contribution in [1.82, 2.24) is 9.88 Å².